The molecule has 0 amide bonds. The van der Waals surface area contributed by atoms with E-state index in [1.807, 2.05) is 0 Å². The smallest absolute Gasteiger partial charge is 0.324 e. The quantitative estimate of drug-likeness (QED) is 0.0907. The molecule has 0 saturated carbocycles. The average Bonchev–Trinajstić information content (AvgIpc) is 2.67. The van der Waals surface area contributed by atoms with Crippen molar-refractivity contribution in [3.8, 4) is 0 Å². The van der Waals surface area contributed by atoms with Crippen molar-refractivity contribution in [2.75, 3.05) is 12.8 Å². The molecule has 1 unspecified atom stereocenters. The summed E-state index contributed by atoms with van der Waals surface area (Å²) in [5, 5.41) is 0. The normalized spacial score (nSPS) is 13.2. The Kier molecular flexibility index (Phi) is 27.3. The predicted octanol–water partition coefficient (Wildman–Crippen LogP) is 9.03. The fraction of sp³-hybridized carbons (Fsp3) is 1.00. The Balaban J connectivity index is 0. The number of hydrogen-bond acceptors (Lipinski definition) is 2. The van der Waals surface area contributed by atoms with Crippen molar-refractivity contribution in [3.63, 3.8) is 0 Å². The van der Waals surface area contributed by atoms with Gasteiger partial charge < -0.3 is 9.42 Å². The summed E-state index contributed by atoms with van der Waals surface area (Å²) in [5.74, 6) is 0. The molecular weight excluding hydrogens is 426 g/mol. The minimum absolute atomic E-state index is 0. The first kappa shape index (κ1) is 31.8. The molecule has 0 fully saturated rings. The van der Waals surface area contributed by atoms with Crippen LogP contribution in [0, 0.1) is 0 Å². The summed E-state index contributed by atoms with van der Waals surface area (Å²) >= 11 is 0. The molecule has 0 bridgehead atoms. The number of rotatable bonds is 23. The first-order chi connectivity index (χ1) is 13.6. The predicted molar refractivity (Wildman–Crippen MR) is 124 cm³/mol. The van der Waals surface area contributed by atoms with Crippen LogP contribution >= 0.6 is 7.60 Å². The fourth-order valence-electron chi connectivity index (χ4n) is 3.66. The molecule has 0 aliphatic heterocycles. The van der Waals surface area contributed by atoms with Gasteiger partial charge in [-0.25, -0.2) is 0 Å². The van der Waals surface area contributed by atoms with E-state index in [9.17, 15) is 9.46 Å². The van der Waals surface area contributed by atoms with E-state index in [0.29, 0.717) is 12.8 Å². The van der Waals surface area contributed by atoms with Crippen LogP contribution in [0.2, 0.25) is 0 Å². The topological polar surface area (TPSA) is 46.5 Å². The second kappa shape index (κ2) is 24.9. The monoisotopic (exact) mass is 476 g/mol. The molecule has 0 saturated heterocycles. The molecule has 0 aliphatic carbocycles. The Hall–Kier alpha value is 0.644. The molecular formula is C24H51NiO3P. The maximum absolute atomic E-state index is 12.0. The van der Waals surface area contributed by atoms with Gasteiger partial charge in [0.2, 0.25) is 0 Å². The Bertz CT molecular complexity index is 353. The summed E-state index contributed by atoms with van der Waals surface area (Å²) in [6.45, 7) is 4.95. The van der Waals surface area contributed by atoms with Crippen LogP contribution in [0.15, 0.2) is 0 Å². The molecule has 5 heteroatoms. The Morgan fingerprint density at radius 2 is 0.862 bits per heavy atom. The second-order valence-corrected chi connectivity index (χ2v) is 10.5. The van der Waals surface area contributed by atoms with Crippen molar-refractivity contribution < 1.29 is 30.5 Å². The second-order valence-electron chi connectivity index (χ2n) is 8.56. The van der Waals surface area contributed by atoms with E-state index in [4.69, 9.17) is 4.52 Å². The molecule has 0 aromatic rings. The summed E-state index contributed by atoms with van der Waals surface area (Å²) in [6.07, 6.45) is 25.4. The minimum Gasteiger partial charge on any atom is -0.324 e. The van der Waals surface area contributed by atoms with Crippen molar-refractivity contribution in [2.45, 2.75) is 142 Å². The van der Waals surface area contributed by atoms with Crippen LogP contribution in [0.4, 0.5) is 0 Å². The molecule has 0 heterocycles. The zero-order chi connectivity index (χ0) is 20.8. The summed E-state index contributed by atoms with van der Waals surface area (Å²) in [5.41, 5.74) is 0. The van der Waals surface area contributed by atoms with E-state index in [2.05, 4.69) is 13.8 Å². The van der Waals surface area contributed by atoms with Gasteiger partial charge in [0.1, 0.15) is 0 Å². The van der Waals surface area contributed by atoms with E-state index in [1.165, 1.54) is 103 Å². The maximum atomic E-state index is 12.0. The van der Waals surface area contributed by atoms with Crippen molar-refractivity contribution in [1.29, 1.82) is 0 Å². The third-order valence-electron chi connectivity index (χ3n) is 5.59. The molecule has 0 aliphatic rings. The van der Waals surface area contributed by atoms with Crippen LogP contribution in [0.3, 0.4) is 0 Å². The Labute approximate surface area is 193 Å². The zero-order valence-corrected chi connectivity index (χ0v) is 21.5. The van der Waals surface area contributed by atoms with Gasteiger partial charge in [-0.05, 0) is 12.8 Å². The van der Waals surface area contributed by atoms with Gasteiger partial charge >= 0.3 is 7.60 Å². The third kappa shape index (κ3) is 26.6. The van der Waals surface area contributed by atoms with E-state index >= 15 is 0 Å². The van der Waals surface area contributed by atoms with Crippen LogP contribution < -0.4 is 0 Å². The largest absolute Gasteiger partial charge is 0.328 e. The van der Waals surface area contributed by atoms with E-state index in [-0.39, 0.29) is 16.5 Å². The van der Waals surface area contributed by atoms with Crippen LogP contribution in [0.5, 0.6) is 0 Å². The van der Waals surface area contributed by atoms with Gasteiger partial charge in [-0.2, -0.15) is 0 Å². The Morgan fingerprint density at radius 3 is 1.24 bits per heavy atom. The standard InChI is InChI=1S/C24H51O3P.Ni/c1-3-5-7-9-11-13-15-17-19-21-23-27-28(25,26)24-22-20-18-16-14-12-10-8-6-4-2;/h3-24H2,1-2H3,(H,25,26);. The van der Waals surface area contributed by atoms with E-state index < -0.39 is 7.60 Å². The fourth-order valence-corrected chi connectivity index (χ4v) is 4.83. The molecule has 1 N–H and O–H groups in total. The number of hydrogen-bond donors (Lipinski definition) is 1. The summed E-state index contributed by atoms with van der Waals surface area (Å²) in [6, 6.07) is 0. The van der Waals surface area contributed by atoms with Crippen LogP contribution in [-0.2, 0) is 25.6 Å². The van der Waals surface area contributed by atoms with Gasteiger partial charge in [0, 0.05) is 22.7 Å². The number of unbranched alkanes of at least 4 members (excludes halogenated alkanes) is 18. The molecule has 180 valence electrons. The average molecular weight is 477 g/mol. The summed E-state index contributed by atoms with van der Waals surface area (Å²) in [4.78, 5) is 9.91. The molecule has 3 nitrogen and oxygen atoms in total. The third-order valence-corrected chi connectivity index (χ3v) is 7.05. The minimum atomic E-state index is -3.34. The van der Waals surface area contributed by atoms with Gasteiger partial charge in [0.15, 0.2) is 0 Å². The van der Waals surface area contributed by atoms with Crippen molar-refractivity contribution in [1.82, 2.24) is 0 Å². The van der Waals surface area contributed by atoms with Gasteiger partial charge in [-0.3, -0.25) is 4.57 Å². The first-order valence-corrected chi connectivity index (χ1v) is 14.3. The van der Waals surface area contributed by atoms with Crippen molar-refractivity contribution in [2.24, 2.45) is 0 Å². The molecule has 29 heavy (non-hydrogen) atoms. The maximum Gasteiger partial charge on any atom is 0.328 e. The summed E-state index contributed by atoms with van der Waals surface area (Å²) in [7, 11) is -3.34. The van der Waals surface area contributed by atoms with E-state index in [1.54, 1.807) is 0 Å². The van der Waals surface area contributed by atoms with Crippen LogP contribution in [0.1, 0.15) is 142 Å². The first-order valence-electron chi connectivity index (χ1n) is 12.6. The van der Waals surface area contributed by atoms with Gasteiger partial charge in [-0.1, -0.05) is 129 Å². The Morgan fingerprint density at radius 1 is 0.552 bits per heavy atom. The zero-order valence-electron chi connectivity index (χ0n) is 19.6. The van der Waals surface area contributed by atoms with Gasteiger partial charge in [-0.15, -0.1) is 0 Å². The van der Waals surface area contributed by atoms with Crippen LogP contribution in [-0.4, -0.2) is 17.7 Å². The van der Waals surface area contributed by atoms with Crippen molar-refractivity contribution >= 4 is 7.60 Å². The van der Waals surface area contributed by atoms with Gasteiger partial charge in [0.25, 0.3) is 0 Å². The molecule has 0 aromatic heterocycles. The molecule has 0 spiro atoms. The van der Waals surface area contributed by atoms with E-state index in [0.717, 1.165) is 25.7 Å². The molecule has 0 radical (unpaired) electrons. The van der Waals surface area contributed by atoms with Gasteiger partial charge in [0.05, 0.1) is 6.61 Å². The van der Waals surface area contributed by atoms with Crippen LogP contribution in [0.25, 0.3) is 0 Å². The van der Waals surface area contributed by atoms with Crippen molar-refractivity contribution in [3.05, 3.63) is 0 Å². The molecule has 0 aromatic carbocycles. The summed E-state index contributed by atoms with van der Waals surface area (Å²) < 4.78 is 17.3. The SMILES string of the molecule is CCCCCCCCCCCCOP(=O)(O)CCCCCCCCCCCC.[Ni]. The molecule has 1 atom stereocenters. The molecule has 0 rings (SSSR count).